The van der Waals surface area contributed by atoms with E-state index in [1.165, 1.54) is 37.6 Å². The monoisotopic (exact) mass is 420 g/mol. The number of nitrogens with one attached hydrogen (secondary N) is 2. The SMILES string of the molecule is COc1ccc(S(=O)(=O)NCc2ccco2)cc1NC(=O)c1cccc(Cl)c1. The molecule has 2 N–H and O–H groups in total. The van der Waals surface area contributed by atoms with Gasteiger partial charge in [0.2, 0.25) is 10.0 Å². The molecule has 0 aliphatic rings. The van der Waals surface area contributed by atoms with Crippen LogP contribution < -0.4 is 14.8 Å². The van der Waals surface area contributed by atoms with Crippen molar-refractivity contribution in [2.75, 3.05) is 12.4 Å². The van der Waals surface area contributed by atoms with Gasteiger partial charge in [0.15, 0.2) is 0 Å². The van der Waals surface area contributed by atoms with E-state index in [9.17, 15) is 13.2 Å². The molecule has 2 aromatic carbocycles. The fraction of sp³-hybridized carbons (Fsp3) is 0.105. The molecule has 0 bridgehead atoms. The van der Waals surface area contributed by atoms with E-state index in [0.29, 0.717) is 22.1 Å². The molecule has 0 fully saturated rings. The van der Waals surface area contributed by atoms with Crippen molar-refractivity contribution in [3.63, 3.8) is 0 Å². The summed E-state index contributed by atoms with van der Waals surface area (Å²) in [5, 5.41) is 3.07. The molecule has 1 amide bonds. The van der Waals surface area contributed by atoms with Crippen LogP contribution in [0.4, 0.5) is 5.69 Å². The predicted octanol–water partition coefficient (Wildman–Crippen LogP) is 3.67. The Morgan fingerprint density at radius 1 is 1.14 bits per heavy atom. The molecule has 3 rings (SSSR count). The van der Waals surface area contributed by atoms with Crippen molar-refractivity contribution in [1.82, 2.24) is 4.72 Å². The van der Waals surface area contributed by atoms with Crippen molar-refractivity contribution in [2.24, 2.45) is 0 Å². The third-order valence-electron chi connectivity index (χ3n) is 3.83. The number of carbonyl (C=O) groups excluding carboxylic acids is 1. The summed E-state index contributed by atoms with van der Waals surface area (Å²) in [7, 11) is -2.40. The van der Waals surface area contributed by atoms with Crippen molar-refractivity contribution >= 4 is 33.2 Å². The van der Waals surface area contributed by atoms with Crippen LogP contribution in [0.2, 0.25) is 5.02 Å². The number of furan rings is 1. The van der Waals surface area contributed by atoms with Crippen molar-refractivity contribution < 1.29 is 22.4 Å². The minimum absolute atomic E-state index is 0.00553. The maximum Gasteiger partial charge on any atom is 0.255 e. The van der Waals surface area contributed by atoms with E-state index in [1.54, 1.807) is 30.3 Å². The van der Waals surface area contributed by atoms with Crippen LogP contribution in [0.25, 0.3) is 0 Å². The molecular weight excluding hydrogens is 404 g/mol. The Kier molecular flexibility index (Phi) is 6.03. The van der Waals surface area contributed by atoms with Gasteiger partial charge in [0.05, 0.1) is 30.5 Å². The standard InChI is InChI=1S/C19H17ClN2O5S/c1-26-18-8-7-16(28(24,25)21-12-15-6-3-9-27-15)11-17(18)22-19(23)13-4-2-5-14(20)10-13/h2-11,21H,12H2,1H3,(H,22,23). The number of anilines is 1. The summed E-state index contributed by atoms with van der Waals surface area (Å²) >= 11 is 5.91. The average Bonchev–Trinajstić information content (AvgIpc) is 3.20. The fourth-order valence-corrected chi connectivity index (χ4v) is 3.65. The number of hydrogen-bond acceptors (Lipinski definition) is 5. The van der Waals surface area contributed by atoms with Gasteiger partial charge in [-0.15, -0.1) is 0 Å². The Bertz CT molecular complexity index is 1080. The summed E-state index contributed by atoms with van der Waals surface area (Å²) in [6.45, 7) is 0.00553. The van der Waals surface area contributed by atoms with Crippen LogP contribution in [0, 0.1) is 0 Å². The highest BCUT2D eigenvalue weighted by atomic mass is 35.5. The van der Waals surface area contributed by atoms with E-state index in [-0.39, 0.29) is 17.1 Å². The Morgan fingerprint density at radius 3 is 2.64 bits per heavy atom. The number of methoxy groups -OCH3 is 1. The molecule has 0 saturated heterocycles. The Morgan fingerprint density at radius 2 is 1.96 bits per heavy atom. The molecule has 146 valence electrons. The number of benzene rings is 2. The molecule has 0 radical (unpaired) electrons. The van der Waals surface area contributed by atoms with Gasteiger partial charge in [0, 0.05) is 10.6 Å². The van der Waals surface area contributed by atoms with E-state index >= 15 is 0 Å². The van der Waals surface area contributed by atoms with E-state index < -0.39 is 15.9 Å². The number of amides is 1. The first-order valence-corrected chi connectivity index (χ1v) is 10.0. The zero-order chi connectivity index (χ0) is 20.1. The number of ether oxygens (including phenoxy) is 1. The first-order chi connectivity index (χ1) is 13.4. The van der Waals surface area contributed by atoms with Crippen LogP contribution in [0.3, 0.4) is 0 Å². The minimum Gasteiger partial charge on any atom is -0.495 e. The molecule has 7 nitrogen and oxygen atoms in total. The number of carbonyl (C=O) groups is 1. The molecule has 1 heterocycles. The maximum absolute atomic E-state index is 12.6. The predicted molar refractivity (Wildman–Crippen MR) is 105 cm³/mol. The smallest absolute Gasteiger partial charge is 0.255 e. The fourth-order valence-electron chi connectivity index (χ4n) is 2.44. The largest absolute Gasteiger partial charge is 0.495 e. The highest BCUT2D eigenvalue weighted by Crippen LogP contribution is 2.28. The molecule has 0 atom stereocenters. The molecule has 0 saturated carbocycles. The van der Waals surface area contributed by atoms with Gasteiger partial charge in [-0.25, -0.2) is 13.1 Å². The molecule has 9 heteroatoms. The van der Waals surface area contributed by atoms with Gasteiger partial charge in [0.1, 0.15) is 11.5 Å². The molecule has 0 aliphatic heterocycles. The van der Waals surface area contributed by atoms with Crippen molar-refractivity contribution in [2.45, 2.75) is 11.4 Å². The summed E-state index contributed by atoms with van der Waals surface area (Å²) in [4.78, 5) is 12.4. The van der Waals surface area contributed by atoms with E-state index in [4.69, 9.17) is 20.8 Å². The summed E-state index contributed by atoms with van der Waals surface area (Å²) in [5.41, 5.74) is 0.548. The van der Waals surface area contributed by atoms with Crippen molar-refractivity contribution in [1.29, 1.82) is 0 Å². The summed E-state index contributed by atoms with van der Waals surface area (Å²) in [5.74, 6) is 0.353. The Hall–Kier alpha value is -2.81. The molecule has 0 aliphatic carbocycles. The van der Waals surface area contributed by atoms with Crippen molar-refractivity contribution in [3.05, 3.63) is 77.2 Å². The van der Waals surface area contributed by atoms with E-state index in [0.717, 1.165) is 0 Å². The third kappa shape index (κ3) is 4.72. The molecular formula is C19H17ClN2O5S. The van der Waals surface area contributed by atoms with Gasteiger partial charge in [-0.2, -0.15) is 0 Å². The van der Waals surface area contributed by atoms with Crippen LogP contribution in [0.15, 0.2) is 70.2 Å². The zero-order valence-electron chi connectivity index (χ0n) is 14.8. The van der Waals surface area contributed by atoms with Gasteiger partial charge < -0.3 is 14.5 Å². The van der Waals surface area contributed by atoms with Crippen LogP contribution in [-0.2, 0) is 16.6 Å². The molecule has 0 unspecified atom stereocenters. The minimum atomic E-state index is -3.83. The second kappa shape index (κ2) is 8.47. The van der Waals surface area contributed by atoms with Crippen LogP contribution >= 0.6 is 11.6 Å². The van der Waals surface area contributed by atoms with Gasteiger partial charge in [-0.1, -0.05) is 17.7 Å². The van der Waals surface area contributed by atoms with Crippen LogP contribution in [0.1, 0.15) is 16.1 Å². The van der Waals surface area contributed by atoms with E-state index in [2.05, 4.69) is 10.0 Å². The van der Waals surface area contributed by atoms with Gasteiger partial charge >= 0.3 is 0 Å². The lowest BCUT2D eigenvalue weighted by molar-refractivity contribution is 0.102. The third-order valence-corrected chi connectivity index (χ3v) is 5.47. The number of rotatable bonds is 7. The lowest BCUT2D eigenvalue weighted by Gasteiger charge is -2.13. The number of halogens is 1. The van der Waals surface area contributed by atoms with Crippen LogP contribution in [-0.4, -0.2) is 21.4 Å². The average molecular weight is 421 g/mol. The summed E-state index contributed by atoms with van der Waals surface area (Å²) in [6, 6.07) is 13.9. The van der Waals surface area contributed by atoms with Gasteiger partial charge in [-0.3, -0.25) is 4.79 Å². The quantitative estimate of drug-likeness (QED) is 0.607. The molecule has 0 spiro atoms. The molecule has 1 aromatic heterocycles. The number of sulfonamides is 1. The second-order valence-corrected chi connectivity index (χ2v) is 7.93. The van der Waals surface area contributed by atoms with Crippen molar-refractivity contribution in [3.8, 4) is 5.75 Å². The second-order valence-electron chi connectivity index (χ2n) is 5.73. The maximum atomic E-state index is 12.6. The Balaban J connectivity index is 1.84. The van der Waals surface area contributed by atoms with E-state index in [1.807, 2.05) is 0 Å². The molecule has 3 aromatic rings. The van der Waals surface area contributed by atoms with Gasteiger partial charge in [0.25, 0.3) is 5.91 Å². The molecule has 28 heavy (non-hydrogen) atoms. The number of hydrogen-bond donors (Lipinski definition) is 2. The highest BCUT2D eigenvalue weighted by Gasteiger charge is 2.18. The van der Waals surface area contributed by atoms with Gasteiger partial charge in [-0.05, 0) is 48.5 Å². The highest BCUT2D eigenvalue weighted by molar-refractivity contribution is 7.89. The zero-order valence-corrected chi connectivity index (χ0v) is 16.4. The lowest BCUT2D eigenvalue weighted by atomic mass is 10.2. The lowest BCUT2D eigenvalue weighted by Crippen LogP contribution is -2.23. The topological polar surface area (TPSA) is 97.6 Å². The summed E-state index contributed by atoms with van der Waals surface area (Å²) in [6.07, 6.45) is 1.46. The normalized spacial score (nSPS) is 11.2. The summed E-state index contributed by atoms with van der Waals surface area (Å²) < 4.78 is 37.9. The Labute approximate surface area is 167 Å². The first kappa shape index (κ1) is 19.9. The van der Waals surface area contributed by atoms with Crippen LogP contribution in [0.5, 0.6) is 5.75 Å². The first-order valence-electron chi connectivity index (χ1n) is 8.16.